The van der Waals surface area contributed by atoms with Gasteiger partial charge in [-0.3, -0.25) is 0 Å². The second kappa shape index (κ2) is 4.52. The van der Waals surface area contributed by atoms with Gasteiger partial charge in [-0.15, -0.1) is 6.58 Å². The molecule has 1 aliphatic heterocycles. The van der Waals surface area contributed by atoms with Crippen molar-refractivity contribution >= 4 is 22.6 Å². The Morgan fingerprint density at radius 2 is 2.14 bits per heavy atom. The van der Waals surface area contributed by atoms with E-state index in [-0.39, 0.29) is 11.2 Å². The van der Waals surface area contributed by atoms with Gasteiger partial charge in [-0.2, -0.15) is 0 Å². The molecule has 0 spiro atoms. The molecule has 0 aromatic carbocycles. The Morgan fingerprint density at radius 1 is 1.50 bits per heavy atom. The van der Waals surface area contributed by atoms with Gasteiger partial charge in [0.1, 0.15) is 0 Å². The highest BCUT2D eigenvalue weighted by atomic mass is 127. The predicted molar refractivity (Wildman–Crippen MR) is 70.0 cm³/mol. The molecule has 0 aliphatic carbocycles. The van der Waals surface area contributed by atoms with Crippen LogP contribution in [-0.2, 0) is 4.74 Å². The van der Waals surface area contributed by atoms with Crippen LogP contribution < -0.4 is 0 Å². The Morgan fingerprint density at radius 3 is 2.50 bits per heavy atom. The molecule has 2 atom stereocenters. The van der Waals surface area contributed by atoms with Crippen molar-refractivity contribution in [1.82, 2.24) is 0 Å². The zero-order valence-electron chi connectivity index (χ0n) is 9.48. The van der Waals surface area contributed by atoms with E-state index in [9.17, 15) is 0 Å². The predicted octanol–water partition coefficient (Wildman–Crippen LogP) is 3.96. The summed E-state index contributed by atoms with van der Waals surface area (Å²) in [5, 5.41) is 0. The molecule has 0 unspecified atom stereocenters. The second-order valence-electron chi connectivity index (χ2n) is 4.90. The van der Waals surface area contributed by atoms with Crippen LogP contribution in [0.2, 0.25) is 0 Å². The van der Waals surface area contributed by atoms with Crippen LogP contribution in [0.1, 0.15) is 40.0 Å². The largest absolute Gasteiger partial charge is 0.367 e. The average molecular weight is 308 g/mol. The van der Waals surface area contributed by atoms with Crippen molar-refractivity contribution in [2.45, 2.75) is 51.2 Å². The van der Waals surface area contributed by atoms with Gasteiger partial charge in [-0.25, -0.2) is 0 Å². The van der Waals surface area contributed by atoms with E-state index in [1.165, 1.54) is 12.8 Å². The summed E-state index contributed by atoms with van der Waals surface area (Å²) in [5.41, 5.74) is 0.148. The lowest BCUT2D eigenvalue weighted by atomic mass is 9.84. The fourth-order valence-corrected chi connectivity index (χ4v) is 2.73. The molecule has 1 heterocycles. The van der Waals surface area contributed by atoms with Gasteiger partial charge in [0.2, 0.25) is 0 Å². The summed E-state index contributed by atoms with van der Waals surface area (Å²) in [6, 6.07) is 0. The molecule has 1 nitrogen and oxygen atoms in total. The van der Waals surface area contributed by atoms with Gasteiger partial charge >= 0.3 is 0 Å². The van der Waals surface area contributed by atoms with E-state index in [1.807, 2.05) is 6.08 Å². The minimum atomic E-state index is 0.0572. The number of rotatable bonds is 4. The van der Waals surface area contributed by atoms with E-state index in [0.29, 0.717) is 5.92 Å². The number of alkyl halides is 1. The normalized spacial score (nSPS) is 37.8. The number of hydrogen-bond acceptors (Lipinski definition) is 1. The highest BCUT2D eigenvalue weighted by molar-refractivity contribution is 14.1. The van der Waals surface area contributed by atoms with E-state index < -0.39 is 0 Å². The first kappa shape index (κ1) is 12.5. The molecule has 82 valence electrons. The smallest absolute Gasteiger partial charge is 0.0752 e. The molecule has 1 fully saturated rings. The van der Waals surface area contributed by atoms with Crippen LogP contribution in [-0.4, -0.2) is 15.6 Å². The Hall–Kier alpha value is 0.430. The van der Waals surface area contributed by atoms with Crippen LogP contribution in [0, 0.1) is 5.92 Å². The van der Waals surface area contributed by atoms with Gasteiger partial charge in [0.25, 0.3) is 0 Å². The van der Waals surface area contributed by atoms with Crippen molar-refractivity contribution in [2.24, 2.45) is 5.92 Å². The zero-order valence-corrected chi connectivity index (χ0v) is 11.6. The van der Waals surface area contributed by atoms with Gasteiger partial charge in [-0.1, -0.05) is 42.5 Å². The van der Waals surface area contributed by atoms with Crippen molar-refractivity contribution in [2.75, 3.05) is 4.43 Å². The summed E-state index contributed by atoms with van der Waals surface area (Å²) in [6.45, 7) is 10.6. The van der Waals surface area contributed by atoms with Crippen molar-refractivity contribution < 1.29 is 4.74 Å². The number of halogens is 1. The van der Waals surface area contributed by atoms with E-state index in [4.69, 9.17) is 4.74 Å². The monoisotopic (exact) mass is 308 g/mol. The number of hydrogen-bond donors (Lipinski definition) is 0. The van der Waals surface area contributed by atoms with Crippen LogP contribution in [0.25, 0.3) is 0 Å². The third kappa shape index (κ3) is 2.32. The number of ether oxygens (including phenoxy) is 1. The van der Waals surface area contributed by atoms with Crippen molar-refractivity contribution in [1.29, 1.82) is 0 Å². The van der Waals surface area contributed by atoms with Crippen molar-refractivity contribution in [3.63, 3.8) is 0 Å². The summed E-state index contributed by atoms with van der Waals surface area (Å²) in [7, 11) is 0. The standard InChI is InChI=1S/C12H21IO/c1-5-6-12(10(2)3)8-7-11(4,9-13)14-12/h5,10H,1,6-9H2,2-4H3/t11-,12-/m0/s1. The molecule has 0 saturated carbocycles. The molecule has 2 heteroatoms. The van der Waals surface area contributed by atoms with Gasteiger partial charge < -0.3 is 4.74 Å². The molecular weight excluding hydrogens is 287 g/mol. The first-order valence-corrected chi connectivity index (χ1v) is 6.88. The van der Waals surface area contributed by atoms with Gasteiger partial charge in [0.15, 0.2) is 0 Å². The molecule has 1 rings (SSSR count). The quantitative estimate of drug-likeness (QED) is 0.434. The maximum Gasteiger partial charge on any atom is 0.0752 e. The fourth-order valence-electron chi connectivity index (χ4n) is 2.19. The maximum absolute atomic E-state index is 6.31. The summed E-state index contributed by atoms with van der Waals surface area (Å²) in [6.07, 6.45) is 5.34. The van der Waals surface area contributed by atoms with Gasteiger partial charge in [-0.05, 0) is 32.1 Å². The third-order valence-electron chi connectivity index (χ3n) is 3.35. The molecule has 0 bridgehead atoms. The van der Waals surface area contributed by atoms with Crippen LogP contribution >= 0.6 is 22.6 Å². The van der Waals surface area contributed by atoms with Gasteiger partial charge in [0, 0.05) is 4.43 Å². The summed E-state index contributed by atoms with van der Waals surface area (Å²) >= 11 is 2.42. The van der Waals surface area contributed by atoms with Crippen LogP contribution in [0.15, 0.2) is 12.7 Å². The highest BCUT2D eigenvalue weighted by Gasteiger charge is 2.46. The van der Waals surface area contributed by atoms with E-state index in [0.717, 1.165) is 10.8 Å². The zero-order chi connectivity index (χ0) is 10.8. The van der Waals surface area contributed by atoms with Crippen LogP contribution in [0.5, 0.6) is 0 Å². The van der Waals surface area contributed by atoms with Gasteiger partial charge in [0.05, 0.1) is 11.2 Å². The van der Waals surface area contributed by atoms with E-state index in [2.05, 4.69) is 49.9 Å². The Labute approximate surface area is 101 Å². The molecule has 14 heavy (non-hydrogen) atoms. The Bertz CT molecular complexity index is 214. The summed E-state index contributed by atoms with van der Waals surface area (Å²) in [4.78, 5) is 0. The fraction of sp³-hybridized carbons (Fsp3) is 0.833. The SMILES string of the molecule is C=CC[C@@]1(C(C)C)CC[C@@](C)(CI)O1. The van der Waals surface area contributed by atoms with E-state index in [1.54, 1.807) is 0 Å². The van der Waals surface area contributed by atoms with Crippen molar-refractivity contribution in [3.8, 4) is 0 Å². The molecule has 0 N–H and O–H groups in total. The Kier molecular flexibility index (Phi) is 4.03. The second-order valence-corrected chi connectivity index (χ2v) is 5.66. The minimum Gasteiger partial charge on any atom is -0.367 e. The first-order valence-electron chi connectivity index (χ1n) is 5.35. The van der Waals surface area contributed by atoms with Crippen LogP contribution in [0.3, 0.4) is 0 Å². The maximum atomic E-state index is 6.31. The van der Waals surface area contributed by atoms with Crippen molar-refractivity contribution in [3.05, 3.63) is 12.7 Å². The summed E-state index contributed by atoms with van der Waals surface area (Å²) in [5.74, 6) is 0.574. The van der Waals surface area contributed by atoms with E-state index >= 15 is 0 Å². The first-order chi connectivity index (χ1) is 6.48. The molecule has 0 aromatic heterocycles. The molecule has 1 saturated heterocycles. The highest BCUT2D eigenvalue weighted by Crippen LogP contribution is 2.45. The average Bonchev–Trinajstić information content (AvgIpc) is 2.47. The molecule has 0 radical (unpaired) electrons. The third-order valence-corrected chi connectivity index (χ3v) is 4.96. The minimum absolute atomic E-state index is 0.0572. The lowest BCUT2D eigenvalue weighted by molar-refractivity contribution is -0.105. The molecule has 0 aromatic rings. The van der Waals surface area contributed by atoms with Crippen LogP contribution in [0.4, 0.5) is 0 Å². The molecule has 0 amide bonds. The summed E-state index contributed by atoms with van der Waals surface area (Å²) < 4.78 is 7.39. The topological polar surface area (TPSA) is 9.23 Å². The lowest BCUT2D eigenvalue weighted by Gasteiger charge is -2.35. The molecule has 1 aliphatic rings. The Balaban J connectivity index is 2.78. The lowest BCUT2D eigenvalue weighted by Crippen LogP contribution is -2.38. The molecular formula is C12H21IO.